The Labute approximate surface area is 344 Å². The zero-order valence-corrected chi connectivity index (χ0v) is 37.1. The van der Waals surface area contributed by atoms with Crippen LogP contribution in [0.25, 0.3) is 0 Å². The Morgan fingerprint density at radius 1 is 0.638 bits per heavy atom. The van der Waals surface area contributed by atoms with Crippen LogP contribution in [0.2, 0.25) is 0 Å². The molecule has 0 bridgehead atoms. The molecule has 2 aliphatic rings. The van der Waals surface area contributed by atoms with E-state index in [9.17, 15) is 19.2 Å². The fraction of sp³-hybridized carbons (Fsp3) is 0.644. The van der Waals surface area contributed by atoms with Gasteiger partial charge in [-0.2, -0.15) is 0 Å². The first kappa shape index (κ1) is 46.3. The van der Waals surface area contributed by atoms with E-state index in [1.165, 1.54) is 0 Å². The molecule has 6 atom stereocenters. The van der Waals surface area contributed by atoms with Crippen LogP contribution in [-0.2, 0) is 55.7 Å². The molecule has 0 radical (unpaired) electrons. The lowest BCUT2D eigenvalue weighted by atomic mass is 9.86. The van der Waals surface area contributed by atoms with E-state index in [0.29, 0.717) is 36.6 Å². The molecule has 4 rings (SSSR count). The normalized spacial score (nSPS) is 22.9. The van der Waals surface area contributed by atoms with Crippen LogP contribution in [0.3, 0.4) is 0 Å². The summed E-state index contributed by atoms with van der Waals surface area (Å²) in [6, 6.07) is 11.2. The van der Waals surface area contributed by atoms with Crippen LogP contribution < -0.4 is 14.2 Å². The summed E-state index contributed by atoms with van der Waals surface area (Å²) >= 11 is 0. The monoisotopic (exact) mass is 811 g/mol. The lowest BCUT2D eigenvalue weighted by Gasteiger charge is -2.51. The summed E-state index contributed by atoms with van der Waals surface area (Å²) in [7, 11) is 4.77. The van der Waals surface area contributed by atoms with E-state index in [0.717, 1.165) is 16.7 Å². The highest BCUT2D eigenvalue weighted by molar-refractivity contribution is 5.78. The quantitative estimate of drug-likeness (QED) is 0.169. The van der Waals surface area contributed by atoms with Gasteiger partial charge < -0.3 is 37.9 Å². The zero-order valence-electron chi connectivity index (χ0n) is 37.1. The van der Waals surface area contributed by atoms with Crippen molar-refractivity contribution in [2.45, 2.75) is 133 Å². The zero-order chi connectivity index (χ0) is 43.5. The highest BCUT2D eigenvalue weighted by atomic mass is 16.7. The third-order valence-electron chi connectivity index (χ3n) is 10.1. The number of carbonyl (C=O) groups excluding carboxylic acids is 4. The number of hydrogen-bond acceptors (Lipinski definition) is 13. The highest BCUT2D eigenvalue weighted by Gasteiger charge is 2.57. The summed E-state index contributed by atoms with van der Waals surface area (Å²) in [5, 5.41) is 0. The molecule has 0 N–H and O–H groups in total. The second-order valence-electron chi connectivity index (χ2n) is 19.2. The third-order valence-corrected chi connectivity index (χ3v) is 10.1. The minimum absolute atomic E-state index is 0.350. The first-order chi connectivity index (χ1) is 26.8. The van der Waals surface area contributed by atoms with Crippen LogP contribution in [0.4, 0.5) is 0 Å². The van der Waals surface area contributed by atoms with E-state index in [2.05, 4.69) is 4.90 Å². The Balaban J connectivity index is 1.99. The molecule has 0 aliphatic carbocycles. The van der Waals surface area contributed by atoms with Crippen LogP contribution in [0.15, 0.2) is 36.4 Å². The second-order valence-corrected chi connectivity index (χ2v) is 19.2. The van der Waals surface area contributed by atoms with Crippen molar-refractivity contribution in [2.75, 3.05) is 34.5 Å². The molecule has 2 aromatic carbocycles. The molecule has 13 heteroatoms. The Hall–Kier alpha value is -4.36. The number of esters is 4. The van der Waals surface area contributed by atoms with Crippen LogP contribution >= 0.6 is 0 Å². The molecular formula is C45H65NO12. The first-order valence-corrected chi connectivity index (χ1v) is 19.9. The average Bonchev–Trinajstić information content (AvgIpc) is 3.13. The number of nitrogens with zero attached hydrogens (tertiary/aromatic N) is 1. The minimum Gasteiger partial charge on any atom is -0.497 e. The molecule has 13 nitrogen and oxygen atoms in total. The van der Waals surface area contributed by atoms with Crippen molar-refractivity contribution >= 4 is 23.9 Å². The van der Waals surface area contributed by atoms with E-state index in [4.69, 9.17) is 37.9 Å². The molecule has 2 aromatic rings. The number of fused-ring (bicyclic) bond motifs is 1. The summed E-state index contributed by atoms with van der Waals surface area (Å²) in [6.45, 7) is 20.6. The molecule has 1 saturated heterocycles. The van der Waals surface area contributed by atoms with Crippen molar-refractivity contribution in [2.24, 2.45) is 21.7 Å². The van der Waals surface area contributed by atoms with Crippen molar-refractivity contribution in [3.8, 4) is 17.2 Å². The van der Waals surface area contributed by atoms with E-state index in [1.54, 1.807) is 104 Å². The fourth-order valence-electron chi connectivity index (χ4n) is 6.54. The molecule has 0 amide bonds. The largest absolute Gasteiger partial charge is 0.497 e. The predicted molar refractivity (Wildman–Crippen MR) is 216 cm³/mol. The van der Waals surface area contributed by atoms with Crippen molar-refractivity contribution in [1.82, 2.24) is 4.90 Å². The van der Waals surface area contributed by atoms with Gasteiger partial charge in [-0.15, -0.1) is 0 Å². The molecule has 2 heterocycles. The average molecular weight is 812 g/mol. The van der Waals surface area contributed by atoms with Crippen molar-refractivity contribution in [3.05, 3.63) is 53.1 Å². The Morgan fingerprint density at radius 2 is 1.12 bits per heavy atom. The van der Waals surface area contributed by atoms with Gasteiger partial charge in [0.2, 0.25) is 0 Å². The van der Waals surface area contributed by atoms with Gasteiger partial charge in [-0.05, 0) is 137 Å². The molecule has 0 spiro atoms. The van der Waals surface area contributed by atoms with Crippen molar-refractivity contribution in [3.63, 3.8) is 0 Å². The maximum absolute atomic E-state index is 14.0. The van der Waals surface area contributed by atoms with Gasteiger partial charge in [0, 0.05) is 12.6 Å². The molecule has 0 unspecified atom stereocenters. The van der Waals surface area contributed by atoms with Crippen LogP contribution in [0, 0.1) is 21.7 Å². The first-order valence-electron chi connectivity index (χ1n) is 19.9. The number of carbonyl (C=O) groups is 4. The van der Waals surface area contributed by atoms with Gasteiger partial charge in [0.15, 0.2) is 36.0 Å². The van der Waals surface area contributed by atoms with E-state index in [-0.39, 0.29) is 6.61 Å². The molecule has 58 heavy (non-hydrogen) atoms. The van der Waals surface area contributed by atoms with E-state index < -0.39 is 82.2 Å². The number of ether oxygens (including phenoxy) is 8. The summed E-state index contributed by atoms with van der Waals surface area (Å²) < 4.78 is 48.8. The second kappa shape index (κ2) is 17.9. The summed E-state index contributed by atoms with van der Waals surface area (Å²) in [5.41, 5.74) is -0.926. The minimum atomic E-state index is -1.38. The molecule has 2 aliphatic heterocycles. The number of methoxy groups -OCH3 is 3. The third kappa shape index (κ3) is 11.0. The lowest BCUT2D eigenvalue weighted by molar-refractivity contribution is -0.288. The SMILES string of the molecule is COc1ccc(C[C@H]2c3cc(OC)c(OC)cc3CCN2[C@@H]2O[C@H](COC(=O)C(C)(C)C)[C@H](OC(=O)C(C)(C)C)[C@H](OC(=O)C(C)(C)C)[C@H]2OC(=O)C(C)(C)C)cc1. The van der Waals surface area contributed by atoms with Gasteiger partial charge in [0.05, 0.1) is 43.0 Å². The topological polar surface area (TPSA) is 145 Å². The molecule has 0 saturated carbocycles. The van der Waals surface area contributed by atoms with Crippen molar-refractivity contribution in [1.29, 1.82) is 0 Å². The Morgan fingerprint density at radius 3 is 1.60 bits per heavy atom. The standard InChI is InChI=1S/C45H65NO12/c1-42(2,3)38(47)54-25-33-34(56-39(48)43(4,5)6)35(57-40(49)44(7,8)9)36(58-41(50)45(10,11)12)37(55-33)46-21-20-27-23-31(52-14)32(53-15)24-29(27)30(46)22-26-16-18-28(51-13)19-17-26/h16-19,23-24,30,33-37H,20-22,25H2,1-15H3/t30-,33+,34-,35-,36+,37+/m0/s1. The lowest BCUT2D eigenvalue weighted by Crippen LogP contribution is -2.68. The Kier molecular flexibility index (Phi) is 14.3. The maximum Gasteiger partial charge on any atom is 0.311 e. The Bertz CT molecular complexity index is 1780. The summed E-state index contributed by atoms with van der Waals surface area (Å²) in [5.74, 6) is -0.515. The molecule has 1 fully saturated rings. The fourth-order valence-corrected chi connectivity index (χ4v) is 6.54. The predicted octanol–water partition coefficient (Wildman–Crippen LogP) is 7.04. The van der Waals surface area contributed by atoms with Gasteiger partial charge in [0.25, 0.3) is 0 Å². The van der Waals surface area contributed by atoms with Crippen molar-refractivity contribution < 1.29 is 57.1 Å². The van der Waals surface area contributed by atoms with Gasteiger partial charge in [-0.25, -0.2) is 0 Å². The van der Waals surface area contributed by atoms with Gasteiger partial charge >= 0.3 is 23.9 Å². The van der Waals surface area contributed by atoms with Crippen LogP contribution in [0.5, 0.6) is 17.2 Å². The maximum atomic E-state index is 14.0. The van der Waals surface area contributed by atoms with E-state index >= 15 is 0 Å². The van der Waals surface area contributed by atoms with E-state index in [1.807, 2.05) is 36.4 Å². The smallest absolute Gasteiger partial charge is 0.311 e. The molecule has 0 aromatic heterocycles. The van der Waals surface area contributed by atoms with Gasteiger partial charge in [-0.3, -0.25) is 24.1 Å². The molecular weight excluding hydrogens is 746 g/mol. The summed E-state index contributed by atoms with van der Waals surface area (Å²) in [6.07, 6.45) is -5.30. The van der Waals surface area contributed by atoms with Crippen LogP contribution in [0.1, 0.15) is 106 Å². The number of hydrogen-bond donors (Lipinski definition) is 0. The highest BCUT2D eigenvalue weighted by Crippen LogP contribution is 2.44. The molecule has 322 valence electrons. The number of benzene rings is 2. The summed E-state index contributed by atoms with van der Waals surface area (Å²) in [4.78, 5) is 57.1. The van der Waals surface area contributed by atoms with Gasteiger partial charge in [-0.1, -0.05) is 12.1 Å². The van der Waals surface area contributed by atoms with Gasteiger partial charge in [0.1, 0.15) is 18.5 Å². The number of rotatable bonds is 11. The van der Waals surface area contributed by atoms with Crippen LogP contribution in [-0.4, -0.2) is 93.9 Å².